The van der Waals surface area contributed by atoms with E-state index in [1.807, 2.05) is 0 Å². The molecular weight excluding hydrogens is 317 g/mol. The fourth-order valence-electron chi connectivity index (χ4n) is 2.45. The van der Waals surface area contributed by atoms with E-state index in [-0.39, 0.29) is 5.91 Å². The van der Waals surface area contributed by atoms with Gasteiger partial charge in [0, 0.05) is 24.4 Å². The van der Waals surface area contributed by atoms with Crippen molar-refractivity contribution in [3.05, 3.63) is 10.6 Å². The maximum Gasteiger partial charge on any atom is 0.235 e. The molecule has 0 spiro atoms. The van der Waals surface area contributed by atoms with Gasteiger partial charge in [-0.05, 0) is 19.9 Å². The van der Waals surface area contributed by atoms with Crippen LogP contribution in [-0.4, -0.2) is 33.2 Å². The number of alkyl halides is 2. The number of carbonyl (C=O) groups excluding carboxylic acids is 1. The monoisotopic (exact) mass is 333 g/mol. The Labute approximate surface area is 132 Å². The van der Waals surface area contributed by atoms with Crippen molar-refractivity contribution in [1.82, 2.24) is 9.88 Å². The van der Waals surface area contributed by atoms with Crippen LogP contribution in [0.4, 0.5) is 5.13 Å². The van der Waals surface area contributed by atoms with Gasteiger partial charge in [-0.3, -0.25) is 9.69 Å². The van der Waals surface area contributed by atoms with Gasteiger partial charge in [-0.25, -0.2) is 4.98 Å². The Hall–Kier alpha value is -0.360. The first kappa shape index (κ1) is 14.6. The van der Waals surface area contributed by atoms with Crippen LogP contribution in [0, 0.1) is 5.41 Å². The van der Waals surface area contributed by atoms with Crippen molar-refractivity contribution in [2.24, 2.45) is 5.41 Å². The van der Waals surface area contributed by atoms with Crippen molar-refractivity contribution in [1.29, 1.82) is 0 Å². The quantitative estimate of drug-likeness (QED) is 0.864. The van der Waals surface area contributed by atoms with E-state index in [1.165, 1.54) is 4.88 Å². The highest BCUT2D eigenvalue weighted by molar-refractivity contribution is 7.15. The van der Waals surface area contributed by atoms with Crippen LogP contribution < -0.4 is 5.32 Å². The molecule has 110 valence electrons. The van der Waals surface area contributed by atoms with Crippen LogP contribution in [0.5, 0.6) is 0 Å². The number of thiazole rings is 1. The molecule has 1 fully saturated rings. The van der Waals surface area contributed by atoms with Crippen molar-refractivity contribution in [3.8, 4) is 0 Å². The molecule has 0 aromatic carbocycles. The summed E-state index contributed by atoms with van der Waals surface area (Å²) in [5.41, 5.74) is 0.413. The Morgan fingerprint density at radius 1 is 1.55 bits per heavy atom. The largest absolute Gasteiger partial charge is 0.301 e. The molecule has 1 aromatic heterocycles. The van der Waals surface area contributed by atoms with Crippen LogP contribution in [0.15, 0.2) is 0 Å². The first-order chi connectivity index (χ1) is 9.35. The minimum absolute atomic E-state index is 0.138. The van der Waals surface area contributed by atoms with Gasteiger partial charge in [0.1, 0.15) is 4.33 Å². The second-order valence-electron chi connectivity index (χ2n) is 5.68. The Kier molecular flexibility index (Phi) is 3.52. The molecule has 1 aliphatic carbocycles. The molecule has 7 heteroatoms. The molecule has 4 nitrogen and oxygen atoms in total. The van der Waals surface area contributed by atoms with Crippen molar-refractivity contribution in [2.75, 3.05) is 18.4 Å². The highest BCUT2D eigenvalue weighted by Gasteiger charge is 2.68. The van der Waals surface area contributed by atoms with Crippen LogP contribution in [0.25, 0.3) is 0 Å². The van der Waals surface area contributed by atoms with Gasteiger partial charge < -0.3 is 5.32 Å². The summed E-state index contributed by atoms with van der Waals surface area (Å²) in [5.74, 6) is -0.138. The third-order valence-corrected chi connectivity index (χ3v) is 6.34. The molecule has 1 atom stereocenters. The molecule has 1 amide bonds. The maximum atomic E-state index is 12.2. The Bertz CT molecular complexity index is 560. The number of hydrogen-bond acceptors (Lipinski definition) is 4. The number of carbonyl (C=O) groups is 1. The summed E-state index contributed by atoms with van der Waals surface area (Å²) in [7, 11) is 0. The number of anilines is 1. The SMILES string of the molecule is CCN1CCc2nc(NC(=O)C3(C)CC3(Cl)Cl)sc2C1. The number of nitrogens with zero attached hydrogens (tertiary/aromatic N) is 2. The van der Waals surface area contributed by atoms with Gasteiger partial charge in [0.25, 0.3) is 0 Å². The number of amides is 1. The van der Waals surface area contributed by atoms with Crippen molar-refractivity contribution in [3.63, 3.8) is 0 Å². The molecule has 3 rings (SSSR count). The average molecular weight is 334 g/mol. The second-order valence-corrected chi connectivity index (χ2v) is 8.24. The fraction of sp³-hybridized carbons (Fsp3) is 0.692. The molecule has 1 unspecified atom stereocenters. The van der Waals surface area contributed by atoms with Crippen molar-refractivity contribution >= 4 is 45.6 Å². The summed E-state index contributed by atoms with van der Waals surface area (Å²) in [5, 5.41) is 3.53. The van der Waals surface area contributed by atoms with Crippen LogP contribution in [-0.2, 0) is 17.8 Å². The van der Waals surface area contributed by atoms with Crippen LogP contribution in [0.3, 0.4) is 0 Å². The smallest absolute Gasteiger partial charge is 0.235 e. The molecule has 2 aliphatic rings. The van der Waals surface area contributed by atoms with Gasteiger partial charge in [0.05, 0.1) is 11.1 Å². The Morgan fingerprint density at radius 3 is 2.85 bits per heavy atom. The standard InChI is InChI=1S/C13H17Cl2N3OS/c1-3-18-5-4-8-9(6-18)20-11(16-8)17-10(19)12(2)7-13(12,14)15/h3-7H2,1-2H3,(H,16,17,19). The maximum absolute atomic E-state index is 12.2. The molecule has 20 heavy (non-hydrogen) atoms. The lowest BCUT2D eigenvalue weighted by Crippen LogP contribution is -2.29. The van der Waals surface area contributed by atoms with Gasteiger partial charge in [0.15, 0.2) is 5.13 Å². The number of aromatic nitrogens is 1. The summed E-state index contributed by atoms with van der Waals surface area (Å²) in [6.45, 7) is 6.94. The molecule has 1 aromatic rings. The third kappa shape index (κ3) is 2.34. The third-order valence-electron chi connectivity index (χ3n) is 4.24. The van der Waals surface area contributed by atoms with Crippen molar-refractivity contribution < 1.29 is 4.79 Å². The molecule has 0 bridgehead atoms. The number of fused-ring (bicyclic) bond motifs is 1. The first-order valence-electron chi connectivity index (χ1n) is 6.76. The number of likely N-dealkylation sites (N-methyl/N-ethyl adjacent to an activating group) is 1. The van der Waals surface area contributed by atoms with E-state index in [4.69, 9.17) is 23.2 Å². The van der Waals surface area contributed by atoms with Gasteiger partial charge in [-0.1, -0.05) is 6.92 Å². The van der Waals surface area contributed by atoms with Gasteiger partial charge in [0.2, 0.25) is 5.91 Å². The fourth-order valence-corrected chi connectivity index (χ4v) is 4.20. The molecule has 1 N–H and O–H groups in total. The zero-order chi connectivity index (χ0) is 14.5. The van der Waals surface area contributed by atoms with E-state index in [0.29, 0.717) is 11.6 Å². The lowest BCUT2D eigenvalue weighted by atomic mass is 10.1. The van der Waals surface area contributed by atoms with Gasteiger partial charge in [-0.2, -0.15) is 0 Å². The first-order valence-corrected chi connectivity index (χ1v) is 8.33. The number of hydrogen-bond donors (Lipinski definition) is 1. The minimum Gasteiger partial charge on any atom is -0.301 e. The summed E-state index contributed by atoms with van der Waals surface area (Å²) in [6, 6.07) is 0. The molecule has 1 aliphatic heterocycles. The highest BCUT2D eigenvalue weighted by Crippen LogP contribution is 2.64. The van der Waals surface area contributed by atoms with Crippen LogP contribution in [0.2, 0.25) is 0 Å². The average Bonchev–Trinajstić information content (AvgIpc) is 2.74. The summed E-state index contributed by atoms with van der Waals surface area (Å²) >= 11 is 13.6. The molecule has 2 heterocycles. The molecule has 0 saturated heterocycles. The molecule has 1 saturated carbocycles. The number of nitrogens with one attached hydrogen (secondary N) is 1. The summed E-state index contributed by atoms with van der Waals surface area (Å²) in [6.07, 6.45) is 1.44. The van der Waals surface area contributed by atoms with Gasteiger partial charge in [-0.15, -0.1) is 34.5 Å². The zero-order valence-corrected chi connectivity index (χ0v) is 13.8. The predicted octanol–water partition coefficient (Wildman–Crippen LogP) is 3.04. The zero-order valence-electron chi connectivity index (χ0n) is 11.5. The van der Waals surface area contributed by atoms with Crippen LogP contribution in [0.1, 0.15) is 30.8 Å². The second kappa shape index (κ2) is 4.83. The highest BCUT2D eigenvalue weighted by atomic mass is 35.5. The number of halogens is 2. The van der Waals surface area contributed by atoms with Gasteiger partial charge >= 0.3 is 0 Å². The summed E-state index contributed by atoms with van der Waals surface area (Å²) in [4.78, 5) is 20.4. The minimum atomic E-state index is -0.938. The topological polar surface area (TPSA) is 45.2 Å². The Morgan fingerprint density at radius 2 is 2.25 bits per heavy atom. The van der Waals surface area contributed by atoms with E-state index in [2.05, 4.69) is 22.1 Å². The molecular formula is C13H17Cl2N3OS. The lowest BCUT2D eigenvalue weighted by Gasteiger charge is -2.23. The van der Waals surface area contributed by atoms with E-state index in [9.17, 15) is 4.79 Å². The number of rotatable bonds is 3. The van der Waals surface area contributed by atoms with E-state index in [0.717, 1.165) is 31.7 Å². The van der Waals surface area contributed by atoms with Crippen molar-refractivity contribution in [2.45, 2.75) is 37.6 Å². The normalized spacial score (nSPS) is 28.0. The van der Waals surface area contributed by atoms with Crippen LogP contribution >= 0.6 is 34.5 Å². The summed E-state index contributed by atoms with van der Waals surface area (Å²) < 4.78 is -0.938. The molecule has 0 radical (unpaired) electrons. The van der Waals surface area contributed by atoms with E-state index < -0.39 is 9.75 Å². The van der Waals surface area contributed by atoms with E-state index in [1.54, 1.807) is 18.3 Å². The predicted molar refractivity (Wildman–Crippen MR) is 82.6 cm³/mol. The lowest BCUT2D eigenvalue weighted by molar-refractivity contribution is -0.120. The van der Waals surface area contributed by atoms with E-state index >= 15 is 0 Å². The Balaban J connectivity index is 1.71.